The second-order valence-electron chi connectivity index (χ2n) is 5.05. The lowest BCUT2D eigenvalue weighted by molar-refractivity contribution is 0.376. The predicted octanol–water partition coefficient (Wildman–Crippen LogP) is 2.83. The zero-order valence-corrected chi connectivity index (χ0v) is 11.8. The molecule has 0 radical (unpaired) electrons. The minimum atomic E-state index is 0.240. The van der Waals surface area contributed by atoms with Gasteiger partial charge in [0.15, 0.2) is 0 Å². The number of fused-ring (bicyclic) bond motifs is 1. The minimum absolute atomic E-state index is 0.240. The van der Waals surface area contributed by atoms with E-state index in [-0.39, 0.29) is 5.41 Å². The summed E-state index contributed by atoms with van der Waals surface area (Å²) in [5, 5.41) is 6.46. The highest BCUT2D eigenvalue weighted by Gasteiger charge is 2.16. The van der Waals surface area contributed by atoms with E-state index in [0.29, 0.717) is 5.95 Å². The van der Waals surface area contributed by atoms with E-state index in [1.54, 1.807) is 11.3 Å². The SMILES string of the molecule is CCC(C)(C)CNc1nc(NN)nc2sccc12. The summed E-state index contributed by atoms with van der Waals surface area (Å²) in [6.07, 6.45) is 1.11. The largest absolute Gasteiger partial charge is 0.369 e. The first-order valence-electron chi connectivity index (χ1n) is 6.01. The third-order valence-corrected chi connectivity index (χ3v) is 3.95. The number of nitrogens with zero attached hydrogens (tertiary/aromatic N) is 2. The molecule has 2 heterocycles. The van der Waals surface area contributed by atoms with Gasteiger partial charge in [-0.05, 0) is 23.3 Å². The molecule has 0 bridgehead atoms. The van der Waals surface area contributed by atoms with Gasteiger partial charge in [-0.2, -0.15) is 4.98 Å². The second-order valence-corrected chi connectivity index (χ2v) is 5.95. The summed E-state index contributed by atoms with van der Waals surface area (Å²) in [6.45, 7) is 7.52. The molecule has 0 unspecified atom stereocenters. The molecule has 2 aromatic rings. The third-order valence-electron chi connectivity index (χ3n) is 3.15. The normalized spacial score (nSPS) is 11.8. The van der Waals surface area contributed by atoms with Gasteiger partial charge in [-0.25, -0.2) is 10.8 Å². The zero-order chi connectivity index (χ0) is 13.2. The van der Waals surface area contributed by atoms with E-state index in [1.165, 1.54) is 0 Å². The fourth-order valence-electron chi connectivity index (χ4n) is 1.50. The Morgan fingerprint density at radius 1 is 1.39 bits per heavy atom. The Hall–Kier alpha value is -1.40. The summed E-state index contributed by atoms with van der Waals surface area (Å²) in [5.74, 6) is 6.68. The van der Waals surface area contributed by atoms with Crippen molar-refractivity contribution in [2.45, 2.75) is 27.2 Å². The maximum absolute atomic E-state index is 5.39. The Morgan fingerprint density at radius 2 is 2.17 bits per heavy atom. The number of nitrogen functional groups attached to an aromatic ring is 1. The predicted molar refractivity (Wildman–Crippen MR) is 77.8 cm³/mol. The van der Waals surface area contributed by atoms with Crippen molar-refractivity contribution in [3.63, 3.8) is 0 Å². The van der Waals surface area contributed by atoms with Crippen molar-refractivity contribution in [1.29, 1.82) is 0 Å². The fourth-order valence-corrected chi connectivity index (χ4v) is 2.27. The van der Waals surface area contributed by atoms with Gasteiger partial charge in [-0.15, -0.1) is 11.3 Å². The van der Waals surface area contributed by atoms with Gasteiger partial charge >= 0.3 is 0 Å². The summed E-state index contributed by atoms with van der Waals surface area (Å²) < 4.78 is 0. The van der Waals surface area contributed by atoms with Crippen molar-refractivity contribution in [1.82, 2.24) is 9.97 Å². The Kier molecular flexibility index (Phi) is 3.68. The lowest BCUT2D eigenvalue weighted by atomic mass is 9.90. The first-order valence-corrected chi connectivity index (χ1v) is 6.89. The molecule has 0 fully saturated rings. The molecule has 0 aliphatic carbocycles. The van der Waals surface area contributed by atoms with Crippen LogP contribution >= 0.6 is 11.3 Å². The Labute approximate surface area is 111 Å². The average molecular weight is 265 g/mol. The summed E-state index contributed by atoms with van der Waals surface area (Å²) in [5.41, 5.74) is 2.74. The zero-order valence-electron chi connectivity index (χ0n) is 10.9. The van der Waals surface area contributed by atoms with Gasteiger partial charge in [0.05, 0.1) is 5.39 Å². The van der Waals surface area contributed by atoms with E-state index >= 15 is 0 Å². The van der Waals surface area contributed by atoms with Crippen LogP contribution in [0.25, 0.3) is 10.2 Å². The molecule has 2 aromatic heterocycles. The first kappa shape index (κ1) is 13.0. The van der Waals surface area contributed by atoms with Crippen molar-refractivity contribution in [3.05, 3.63) is 11.4 Å². The number of thiophene rings is 1. The van der Waals surface area contributed by atoms with Gasteiger partial charge in [0.25, 0.3) is 0 Å². The second kappa shape index (κ2) is 5.07. The van der Waals surface area contributed by atoms with Crippen LogP contribution in [0.5, 0.6) is 0 Å². The Balaban J connectivity index is 2.28. The van der Waals surface area contributed by atoms with Crippen LogP contribution in [0, 0.1) is 5.41 Å². The molecule has 0 aliphatic rings. The molecular weight excluding hydrogens is 246 g/mol. The smallest absolute Gasteiger partial charge is 0.240 e. The van der Waals surface area contributed by atoms with Gasteiger partial charge in [0.2, 0.25) is 5.95 Å². The topological polar surface area (TPSA) is 75.9 Å². The van der Waals surface area contributed by atoms with Crippen molar-refractivity contribution in [2.24, 2.45) is 11.3 Å². The molecule has 4 N–H and O–H groups in total. The van der Waals surface area contributed by atoms with E-state index in [2.05, 4.69) is 41.5 Å². The van der Waals surface area contributed by atoms with E-state index in [9.17, 15) is 0 Å². The molecule has 6 heteroatoms. The number of anilines is 2. The van der Waals surface area contributed by atoms with Gasteiger partial charge < -0.3 is 5.32 Å². The standard InChI is InChI=1S/C12H19N5S/c1-4-12(2,3)7-14-9-8-5-6-18-10(8)16-11(15-9)17-13/h5-6H,4,7,13H2,1-3H3,(H2,14,15,16,17). The summed E-state index contributed by atoms with van der Waals surface area (Å²) >= 11 is 1.58. The van der Waals surface area contributed by atoms with Crippen LogP contribution < -0.4 is 16.6 Å². The molecule has 0 spiro atoms. The third kappa shape index (κ3) is 2.70. The van der Waals surface area contributed by atoms with Crippen LogP contribution in [0.3, 0.4) is 0 Å². The highest BCUT2D eigenvalue weighted by atomic mass is 32.1. The average Bonchev–Trinajstić information content (AvgIpc) is 2.84. The van der Waals surface area contributed by atoms with Gasteiger partial charge in [-0.3, -0.25) is 5.43 Å². The maximum Gasteiger partial charge on any atom is 0.240 e. The van der Waals surface area contributed by atoms with E-state index in [1.807, 2.05) is 11.4 Å². The van der Waals surface area contributed by atoms with Crippen LogP contribution in [0.4, 0.5) is 11.8 Å². The number of nitrogens with two attached hydrogens (primary N) is 1. The summed E-state index contributed by atoms with van der Waals surface area (Å²) in [4.78, 5) is 9.63. The molecule has 2 rings (SSSR count). The van der Waals surface area contributed by atoms with Crippen LogP contribution in [-0.2, 0) is 0 Å². The lowest BCUT2D eigenvalue weighted by Gasteiger charge is -2.23. The molecule has 0 amide bonds. The molecule has 98 valence electrons. The van der Waals surface area contributed by atoms with E-state index in [0.717, 1.165) is 29.0 Å². The van der Waals surface area contributed by atoms with Crippen molar-refractivity contribution in [3.8, 4) is 0 Å². The van der Waals surface area contributed by atoms with E-state index < -0.39 is 0 Å². The van der Waals surface area contributed by atoms with Crippen LogP contribution in [0.2, 0.25) is 0 Å². The van der Waals surface area contributed by atoms with E-state index in [4.69, 9.17) is 5.84 Å². The summed E-state index contributed by atoms with van der Waals surface area (Å²) in [6, 6.07) is 2.03. The highest BCUT2D eigenvalue weighted by Crippen LogP contribution is 2.28. The maximum atomic E-state index is 5.39. The molecule has 0 atom stereocenters. The number of rotatable bonds is 5. The Bertz CT molecular complexity index is 534. The molecule has 18 heavy (non-hydrogen) atoms. The number of aromatic nitrogens is 2. The molecule has 0 aliphatic heterocycles. The van der Waals surface area contributed by atoms with Gasteiger partial charge in [-0.1, -0.05) is 20.8 Å². The highest BCUT2D eigenvalue weighted by molar-refractivity contribution is 7.16. The van der Waals surface area contributed by atoms with Crippen molar-refractivity contribution in [2.75, 3.05) is 17.3 Å². The lowest BCUT2D eigenvalue weighted by Crippen LogP contribution is -2.23. The molecule has 5 nitrogen and oxygen atoms in total. The van der Waals surface area contributed by atoms with Crippen molar-refractivity contribution < 1.29 is 0 Å². The van der Waals surface area contributed by atoms with Crippen LogP contribution in [0.1, 0.15) is 27.2 Å². The van der Waals surface area contributed by atoms with Crippen molar-refractivity contribution >= 4 is 33.3 Å². The first-order chi connectivity index (χ1) is 8.55. The molecular formula is C12H19N5S. The van der Waals surface area contributed by atoms with Gasteiger partial charge in [0.1, 0.15) is 10.6 Å². The monoisotopic (exact) mass is 265 g/mol. The Morgan fingerprint density at radius 3 is 2.83 bits per heavy atom. The van der Waals surface area contributed by atoms with Gasteiger partial charge in [0, 0.05) is 6.54 Å². The number of hydrogen-bond donors (Lipinski definition) is 3. The number of nitrogens with one attached hydrogen (secondary N) is 2. The molecule has 0 saturated carbocycles. The fraction of sp³-hybridized carbons (Fsp3) is 0.500. The number of hydrogen-bond acceptors (Lipinski definition) is 6. The number of hydrazine groups is 1. The van der Waals surface area contributed by atoms with Crippen LogP contribution in [0.15, 0.2) is 11.4 Å². The summed E-state index contributed by atoms with van der Waals surface area (Å²) in [7, 11) is 0. The molecule has 0 saturated heterocycles. The van der Waals surface area contributed by atoms with Crippen LogP contribution in [-0.4, -0.2) is 16.5 Å². The minimum Gasteiger partial charge on any atom is -0.369 e. The molecule has 0 aromatic carbocycles. The quantitative estimate of drug-likeness (QED) is 0.572.